The van der Waals surface area contributed by atoms with Gasteiger partial charge in [0.15, 0.2) is 0 Å². The molecular formula is C13H25BrN2O. The van der Waals surface area contributed by atoms with Crippen LogP contribution in [0.25, 0.3) is 0 Å². The minimum atomic E-state index is 0.415. The van der Waals surface area contributed by atoms with E-state index in [1.165, 1.54) is 25.9 Å². The highest BCUT2D eigenvalue weighted by Gasteiger charge is 2.25. The van der Waals surface area contributed by atoms with E-state index in [1.807, 2.05) is 0 Å². The van der Waals surface area contributed by atoms with E-state index in [2.05, 4.69) is 39.6 Å². The van der Waals surface area contributed by atoms with Gasteiger partial charge < -0.3 is 9.64 Å². The number of rotatable bonds is 3. The number of hydrogen-bond donors (Lipinski definition) is 0. The van der Waals surface area contributed by atoms with Crippen LogP contribution in [0.1, 0.15) is 26.7 Å². The fraction of sp³-hybridized carbons (Fsp3) is 1.00. The van der Waals surface area contributed by atoms with Crippen molar-refractivity contribution >= 4 is 15.9 Å². The zero-order valence-electron chi connectivity index (χ0n) is 11.1. The van der Waals surface area contributed by atoms with Crippen molar-refractivity contribution in [3.05, 3.63) is 0 Å². The number of halogens is 1. The molecule has 2 aliphatic heterocycles. The van der Waals surface area contributed by atoms with Crippen LogP contribution in [0.3, 0.4) is 0 Å². The second-order valence-corrected chi connectivity index (χ2v) is 6.85. The van der Waals surface area contributed by atoms with E-state index in [0.717, 1.165) is 31.1 Å². The zero-order valence-corrected chi connectivity index (χ0v) is 12.7. The minimum Gasteiger partial charge on any atom is -0.374 e. The molecule has 2 heterocycles. The van der Waals surface area contributed by atoms with E-state index < -0.39 is 0 Å². The molecule has 2 aliphatic rings. The van der Waals surface area contributed by atoms with E-state index in [4.69, 9.17) is 4.74 Å². The van der Waals surface area contributed by atoms with Gasteiger partial charge in [-0.25, -0.2) is 0 Å². The lowest BCUT2D eigenvalue weighted by Gasteiger charge is -2.39. The average molecular weight is 305 g/mol. The Kier molecular flexibility index (Phi) is 5.27. The smallest absolute Gasteiger partial charge is 0.0829 e. The molecule has 2 fully saturated rings. The van der Waals surface area contributed by atoms with Crippen LogP contribution >= 0.6 is 15.9 Å². The summed E-state index contributed by atoms with van der Waals surface area (Å²) in [6.45, 7) is 11.2. The third kappa shape index (κ3) is 4.19. The number of ether oxygens (including phenoxy) is 1. The second-order valence-electron chi connectivity index (χ2n) is 5.56. The highest BCUT2D eigenvalue weighted by atomic mass is 79.9. The molecule has 0 aromatic carbocycles. The van der Waals surface area contributed by atoms with Gasteiger partial charge in [0.2, 0.25) is 0 Å². The summed E-state index contributed by atoms with van der Waals surface area (Å²) in [5.41, 5.74) is 0. The summed E-state index contributed by atoms with van der Waals surface area (Å²) in [6, 6.07) is 0.648. The van der Waals surface area contributed by atoms with Gasteiger partial charge in [0, 0.05) is 30.5 Å². The van der Waals surface area contributed by atoms with Gasteiger partial charge in [0.05, 0.1) is 12.7 Å². The van der Waals surface area contributed by atoms with Crippen LogP contribution in [-0.2, 0) is 4.74 Å². The van der Waals surface area contributed by atoms with E-state index in [-0.39, 0.29) is 0 Å². The van der Waals surface area contributed by atoms with E-state index in [1.54, 1.807) is 0 Å². The summed E-state index contributed by atoms with van der Waals surface area (Å²) in [6.07, 6.45) is 2.97. The van der Waals surface area contributed by atoms with Crippen molar-refractivity contribution in [1.82, 2.24) is 9.80 Å². The highest BCUT2D eigenvalue weighted by Crippen LogP contribution is 2.18. The summed E-state index contributed by atoms with van der Waals surface area (Å²) in [4.78, 5) is 5.83. The van der Waals surface area contributed by atoms with Crippen molar-refractivity contribution in [2.75, 3.05) is 39.3 Å². The Bertz CT molecular complexity index is 229. The quantitative estimate of drug-likeness (QED) is 0.741. The molecule has 0 bridgehead atoms. The summed E-state index contributed by atoms with van der Waals surface area (Å²) in [7, 11) is 0. The van der Waals surface area contributed by atoms with Gasteiger partial charge in [-0.3, -0.25) is 4.90 Å². The molecule has 0 aromatic heterocycles. The van der Waals surface area contributed by atoms with Crippen LogP contribution in [0.5, 0.6) is 0 Å². The third-order valence-electron chi connectivity index (χ3n) is 3.88. The lowest BCUT2D eigenvalue weighted by atomic mass is 10.1. The number of likely N-dealkylation sites (tertiary alicyclic amines) is 1. The first kappa shape index (κ1) is 13.8. The molecule has 0 radical (unpaired) electrons. The Labute approximate surface area is 114 Å². The SMILES string of the molecule is CC(C)N1CCOC(CN2CCC(Br)CC2)C1. The Morgan fingerprint density at radius 1 is 1.24 bits per heavy atom. The van der Waals surface area contributed by atoms with Gasteiger partial charge in [-0.2, -0.15) is 0 Å². The number of alkyl halides is 1. The summed E-state index contributed by atoms with van der Waals surface area (Å²) in [5, 5.41) is 0. The molecule has 0 aliphatic carbocycles. The number of piperidine rings is 1. The van der Waals surface area contributed by atoms with Crippen molar-refractivity contribution in [3.8, 4) is 0 Å². The van der Waals surface area contributed by atoms with Crippen molar-refractivity contribution in [1.29, 1.82) is 0 Å². The molecule has 3 nitrogen and oxygen atoms in total. The molecule has 1 atom stereocenters. The molecule has 100 valence electrons. The molecule has 2 saturated heterocycles. The first-order valence-electron chi connectivity index (χ1n) is 6.87. The normalized spacial score (nSPS) is 30.0. The maximum Gasteiger partial charge on any atom is 0.0829 e. The average Bonchev–Trinajstić information content (AvgIpc) is 2.32. The lowest BCUT2D eigenvalue weighted by molar-refractivity contribution is -0.0535. The fourth-order valence-corrected chi connectivity index (χ4v) is 3.10. The number of hydrogen-bond acceptors (Lipinski definition) is 3. The first-order chi connectivity index (χ1) is 8.15. The predicted octanol–water partition coefficient (Wildman–Crippen LogP) is 1.95. The van der Waals surface area contributed by atoms with E-state index >= 15 is 0 Å². The van der Waals surface area contributed by atoms with Gasteiger partial charge in [-0.05, 0) is 39.8 Å². The summed E-state index contributed by atoms with van der Waals surface area (Å²) < 4.78 is 5.89. The summed E-state index contributed by atoms with van der Waals surface area (Å²) >= 11 is 3.70. The van der Waals surface area contributed by atoms with Crippen LogP contribution in [0.15, 0.2) is 0 Å². The molecule has 0 amide bonds. The van der Waals surface area contributed by atoms with Gasteiger partial charge in [0.1, 0.15) is 0 Å². The van der Waals surface area contributed by atoms with Crippen LogP contribution in [-0.4, -0.2) is 66.1 Å². The third-order valence-corrected chi connectivity index (χ3v) is 4.80. The Hall–Kier alpha value is 0.360. The van der Waals surface area contributed by atoms with Crippen molar-refractivity contribution in [2.24, 2.45) is 0 Å². The van der Waals surface area contributed by atoms with Crippen LogP contribution in [0, 0.1) is 0 Å². The highest BCUT2D eigenvalue weighted by molar-refractivity contribution is 9.09. The second kappa shape index (κ2) is 6.50. The van der Waals surface area contributed by atoms with Crippen molar-refractivity contribution in [2.45, 2.75) is 43.7 Å². The Morgan fingerprint density at radius 3 is 2.59 bits per heavy atom. The van der Waals surface area contributed by atoms with Crippen LogP contribution in [0.4, 0.5) is 0 Å². The monoisotopic (exact) mass is 304 g/mol. The van der Waals surface area contributed by atoms with Gasteiger partial charge >= 0.3 is 0 Å². The first-order valence-corrected chi connectivity index (χ1v) is 7.79. The molecule has 2 rings (SSSR count). The van der Waals surface area contributed by atoms with E-state index in [0.29, 0.717) is 12.1 Å². The zero-order chi connectivity index (χ0) is 12.3. The summed E-state index contributed by atoms with van der Waals surface area (Å²) in [5.74, 6) is 0. The predicted molar refractivity (Wildman–Crippen MR) is 74.8 cm³/mol. The molecule has 0 aromatic rings. The Balaban J connectivity index is 1.75. The number of morpholine rings is 1. The standard InChI is InChI=1S/C13H25BrN2O/c1-11(2)16-7-8-17-13(10-16)9-15-5-3-12(14)4-6-15/h11-13H,3-10H2,1-2H3. The fourth-order valence-electron chi connectivity index (χ4n) is 2.69. The Morgan fingerprint density at radius 2 is 1.94 bits per heavy atom. The molecule has 17 heavy (non-hydrogen) atoms. The van der Waals surface area contributed by atoms with Crippen molar-refractivity contribution in [3.63, 3.8) is 0 Å². The number of nitrogens with zero attached hydrogens (tertiary/aromatic N) is 2. The van der Waals surface area contributed by atoms with Gasteiger partial charge in [0.25, 0.3) is 0 Å². The van der Waals surface area contributed by atoms with Gasteiger partial charge in [-0.1, -0.05) is 15.9 Å². The molecular weight excluding hydrogens is 280 g/mol. The maximum atomic E-state index is 5.89. The molecule has 0 spiro atoms. The molecule has 0 N–H and O–H groups in total. The van der Waals surface area contributed by atoms with E-state index in [9.17, 15) is 0 Å². The minimum absolute atomic E-state index is 0.415. The lowest BCUT2D eigenvalue weighted by Crippen LogP contribution is -2.50. The maximum absolute atomic E-state index is 5.89. The topological polar surface area (TPSA) is 15.7 Å². The molecule has 0 saturated carbocycles. The molecule has 4 heteroatoms. The van der Waals surface area contributed by atoms with Crippen LogP contribution in [0.2, 0.25) is 0 Å². The van der Waals surface area contributed by atoms with Gasteiger partial charge in [-0.15, -0.1) is 0 Å². The largest absolute Gasteiger partial charge is 0.374 e. The van der Waals surface area contributed by atoms with Crippen molar-refractivity contribution < 1.29 is 4.74 Å². The molecule has 1 unspecified atom stereocenters. The van der Waals surface area contributed by atoms with Crippen LogP contribution < -0.4 is 0 Å².